The standard InChI is InChI=1S/C14H22FNO2/c1-4-6-10(3)9-18-14-8-13(17-5-2)11(15)7-12(14)16/h7-8,10H,4-6,9,16H2,1-3H3. The van der Waals surface area contributed by atoms with Gasteiger partial charge in [-0.05, 0) is 19.3 Å². The van der Waals surface area contributed by atoms with E-state index in [2.05, 4.69) is 13.8 Å². The minimum absolute atomic E-state index is 0.185. The Balaban J connectivity index is 2.72. The minimum Gasteiger partial charge on any atom is -0.491 e. The van der Waals surface area contributed by atoms with Crippen molar-refractivity contribution in [2.24, 2.45) is 5.92 Å². The van der Waals surface area contributed by atoms with Gasteiger partial charge >= 0.3 is 0 Å². The highest BCUT2D eigenvalue weighted by molar-refractivity contribution is 5.56. The van der Waals surface area contributed by atoms with Crippen LogP contribution in [-0.4, -0.2) is 13.2 Å². The SMILES string of the molecule is CCCC(C)COc1cc(OCC)c(F)cc1N. The molecule has 1 unspecified atom stereocenters. The van der Waals surface area contributed by atoms with Gasteiger partial charge in [0, 0.05) is 12.1 Å². The molecule has 0 heterocycles. The minimum atomic E-state index is -0.455. The van der Waals surface area contributed by atoms with Crippen molar-refractivity contribution in [2.75, 3.05) is 18.9 Å². The zero-order chi connectivity index (χ0) is 13.5. The number of nitrogen functional groups attached to an aromatic ring is 1. The molecule has 1 aromatic carbocycles. The Morgan fingerprint density at radius 2 is 1.94 bits per heavy atom. The molecule has 18 heavy (non-hydrogen) atoms. The fraction of sp³-hybridized carbons (Fsp3) is 0.571. The monoisotopic (exact) mass is 255 g/mol. The summed E-state index contributed by atoms with van der Waals surface area (Å²) in [5.41, 5.74) is 6.03. The summed E-state index contributed by atoms with van der Waals surface area (Å²) < 4.78 is 24.3. The van der Waals surface area contributed by atoms with E-state index in [9.17, 15) is 4.39 Å². The molecule has 0 amide bonds. The van der Waals surface area contributed by atoms with E-state index in [-0.39, 0.29) is 5.75 Å². The van der Waals surface area contributed by atoms with E-state index >= 15 is 0 Å². The molecule has 2 N–H and O–H groups in total. The van der Waals surface area contributed by atoms with E-state index in [1.807, 2.05) is 0 Å². The largest absolute Gasteiger partial charge is 0.491 e. The summed E-state index contributed by atoms with van der Waals surface area (Å²) in [7, 11) is 0. The Morgan fingerprint density at radius 3 is 2.56 bits per heavy atom. The number of hydrogen-bond acceptors (Lipinski definition) is 3. The fourth-order valence-corrected chi connectivity index (χ4v) is 1.75. The van der Waals surface area contributed by atoms with E-state index in [1.54, 1.807) is 6.92 Å². The van der Waals surface area contributed by atoms with Crippen LogP contribution in [0.1, 0.15) is 33.6 Å². The molecule has 0 aliphatic carbocycles. The lowest BCUT2D eigenvalue weighted by Crippen LogP contribution is -2.09. The Bertz CT molecular complexity index is 382. The van der Waals surface area contributed by atoms with Gasteiger partial charge in [0.15, 0.2) is 11.6 Å². The third-order valence-electron chi connectivity index (χ3n) is 2.67. The van der Waals surface area contributed by atoms with Crippen molar-refractivity contribution >= 4 is 5.69 Å². The Morgan fingerprint density at radius 1 is 1.22 bits per heavy atom. The van der Waals surface area contributed by atoms with Gasteiger partial charge in [0.1, 0.15) is 5.75 Å². The van der Waals surface area contributed by atoms with E-state index in [1.165, 1.54) is 12.1 Å². The summed E-state index contributed by atoms with van der Waals surface area (Å²) in [4.78, 5) is 0. The van der Waals surface area contributed by atoms with Crippen molar-refractivity contribution in [3.63, 3.8) is 0 Å². The van der Waals surface area contributed by atoms with Crippen LogP contribution in [-0.2, 0) is 0 Å². The first kappa shape index (κ1) is 14.6. The number of halogens is 1. The molecule has 0 saturated carbocycles. The van der Waals surface area contributed by atoms with Crippen molar-refractivity contribution in [1.82, 2.24) is 0 Å². The quantitative estimate of drug-likeness (QED) is 0.757. The van der Waals surface area contributed by atoms with Crippen LogP contribution in [0.25, 0.3) is 0 Å². The van der Waals surface area contributed by atoms with Gasteiger partial charge in [-0.15, -0.1) is 0 Å². The average molecular weight is 255 g/mol. The highest BCUT2D eigenvalue weighted by atomic mass is 19.1. The molecule has 0 radical (unpaired) electrons. The Labute approximate surface area is 108 Å². The topological polar surface area (TPSA) is 44.5 Å². The number of anilines is 1. The van der Waals surface area contributed by atoms with Crippen molar-refractivity contribution < 1.29 is 13.9 Å². The molecular formula is C14H22FNO2. The normalized spacial score (nSPS) is 12.2. The Hall–Kier alpha value is -1.45. The summed E-state index contributed by atoms with van der Waals surface area (Å²) in [6.45, 7) is 7.05. The van der Waals surface area contributed by atoms with Gasteiger partial charge in [0.2, 0.25) is 0 Å². The van der Waals surface area contributed by atoms with Gasteiger partial charge in [-0.25, -0.2) is 4.39 Å². The maximum absolute atomic E-state index is 13.5. The molecule has 0 saturated heterocycles. The van der Waals surface area contributed by atoms with Crippen LogP contribution in [0.5, 0.6) is 11.5 Å². The molecular weight excluding hydrogens is 233 g/mol. The molecule has 0 aliphatic rings. The van der Waals surface area contributed by atoms with Crippen LogP contribution in [0.2, 0.25) is 0 Å². The molecule has 0 bridgehead atoms. The maximum Gasteiger partial charge on any atom is 0.167 e. The lowest BCUT2D eigenvalue weighted by Gasteiger charge is -2.15. The van der Waals surface area contributed by atoms with E-state index in [0.29, 0.717) is 30.6 Å². The van der Waals surface area contributed by atoms with Gasteiger partial charge in [0.05, 0.1) is 18.9 Å². The first-order chi connectivity index (χ1) is 8.58. The zero-order valence-electron chi connectivity index (χ0n) is 11.3. The second-order valence-electron chi connectivity index (χ2n) is 4.46. The highest BCUT2D eigenvalue weighted by Crippen LogP contribution is 2.30. The zero-order valence-corrected chi connectivity index (χ0v) is 11.3. The summed E-state index contributed by atoms with van der Waals surface area (Å²) in [6.07, 6.45) is 2.22. The summed E-state index contributed by atoms with van der Waals surface area (Å²) in [5.74, 6) is 0.672. The summed E-state index contributed by atoms with van der Waals surface area (Å²) >= 11 is 0. The van der Waals surface area contributed by atoms with Crippen LogP contribution in [0, 0.1) is 11.7 Å². The second kappa shape index (κ2) is 7.09. The van der Waals surface area contributed by atoms with Crippen LogP contribution in [0.4, 0.5) is 10.1 Å². The molecule has 3 nitrogen and oxygen atoms in total. The van der Waals surface area contributed by atoms with Crippen molar-refractivity contribution in [1.29, 1.82) is 0 Å². The second-order valence-corrected chi connectivity index (χ2v) is 4.46. The molecule has 0 fully saturated rings. The van der Waals surface area contributed by atoms with Crippen LogP contribution in [0.15, 0.2) is 12.1 Å². The van der Waals surface area contributed by atoms with Crippen LogP contribution < -0.4 is 15.2 Å². The fourth-order valence-electron chi connectivity index (χ4n) is 1.75. The molecule has 0 aromatic heterocycles. The highest BCUT2D eigenvalue weighted by Gasteiger charge is 2.11. The lowest BCUT2D eigenvalue weighted by atomic mass is 10.1. The molecule has 102 valence electrons. The third-order valence-corrected chi connectivity index (χ3v) is 2.67. The number of rotatable bonds is 7. The molecule has 1 rings (SSSR count). The summed E-state index contributed by atoms with van der Waals surface area (Å²) in [5, 5.41) is 0. The predicted molar refractivity (Wildman–Crippen MR) is 71.5 cm³/mol. The van der Waals surface area contributed by atoms with Crippen molar-refractivity contribution in [2.45, 2.75) is 33.6 Å². The van der Waals surface area contributed by atoms with Crippen molar-refractivity contribution in [3.8, 4) is 11.5 Å². The van der Waals surface area contributed by atoms with Crippen LogP contribution >= 0.6 is 0 Å². The van der Waals surface area contributed by atoms with Gasteiger partial charge in [-0.1, -0.05) is 20.3 Å². The molecule has 1 atom stereocenters. The van der Waals surface area contributed by atoms with E-state index in [0.717, 1.165) is 12.8 Å². The molecule has 1 aromatic rings. The van der Waals surface area contributed by atoms with Crippen LogP contribution in [0.3, 0.4) is 0 Å². The number of hydrogen-bond donors (Lipinski definition) is 1. The van der Waals surface area contributed by atoms with Gasteiger partial charge in [-0.3, -0.25) is 0 Å². The Kier molecular flexibility index (Phi) is 5.75. The first-order valence-electron chi connectivity index (χ1n) is 6.43. The number of nitrogens with two attached hydrogens (primary N) is 1. The molecule has 0 spiro atoms. The number of ether oxygens (including phenoxy) is 2. The third kappa shape index (κ3) is 4.09. The van der Waals surface area contributed by atoms with E-state index in [4.69, 9.17) is 15.2 Å². The van der Waals surface area contributed by atoms with Gasteiger partial charge < -0.3 is 15.2 Å². The smallest absolute Gasteiger partial charge is 0.167 e. The molecule has 0 aliphatic heterocycles. The average Bonchev–Trinajstić information content (AvgIpc) is 2.31. The van der Waals surface area contributed by atoms with Gasteiger partial charge in [-0.2, -0.15) is 0 Å². The van der Waals surface area contributed by atoms with Crippen molar-refractivity contribution in [3.05, 3.63) is 17.9 Å². The first-order valence-corrected chi connectivity index (χ1v) is 6.43. The van der Waals surface area contributed by atoms with E-state index < -0.39 is 5.82 Å². The van der Waals surface area contributed by atoms with Gasteiger partial charge in [0.25, 0.3) is 0 Å². The molecule has 4 heteroatoms. The number of benzene rings is 1. The maximum atomic E-state index is 13.5. The summed E-state index contributed by atoms with van der Waals surface area (Å²) in [6, 6.07) is 2.76. The predicted octanol–water partition coefficient (Wildman–Crippen LogP) is 3.62. The lowest BCUT2D eigenvalue weighted by molar-refractivity contribution is 0.249.